The van der Waals surface area contributed by atoms with Crippen LogP contribution in [0.25, 0.3) is 17.1 Å². The van der Waals surface area contributed by atoms with E-state index in [0.717, 1.165) is 18.2 Å². The van der Waals surface area contributed by atoms with E-state index in [-0.39, 0.29) is 23.1 Å². The van der Waals surface area contributed by atoms with Gasteiger partial charge in [0.2, 0.25) is 16.0 Å². The maximum absolute atomic E-state index is 13.3. The average molecular weight is 444 g/mol. The summed E-state index contributed by atoms with van der Waals surface area (Å²) >= 11 is 0. The quantitative estimate of drug-likeness (QED) is 0.763. The van der Waals surface area contributed by atoms with Crippen LogP contribution in [0.5, 0.6) is 0 Å². The lowest BCUT2D eigenvalue weighted by atomic mass is 9.99. The van der Waals surface area contributed by atoms with Crippen LogP contribution in [0.15, 0.2) is 23.6 Å². The van der Waals surface area contributed by atoms with Crippen molar-refractivity contribution in [3.8, 4) is 0 Å². The van der Waals surface area contributed by atoms with Crippen LogP contribution < -0.4 is 10.9 Å². The lowest BCUT2D eigenvalue weighted by molar-refractivity contribution is 0.331. The van der Waals surface area contributed by atoms with E-state index in [9.17, 15) is 13.2 Å². The molecule has 1 unspecified atom stereocenters. The van der Waals surface area contributed by atoms with Crippen molar-refractivity contribution >= 4 is 33.1 Å². The Morgan fingerprint density at radius 2 is 1.97 bits per heavy atom. The third-order valence-electron chi connectivity index (χ3n) is 7.34. The van der Waals surface area contributed by atoms with Crippen LogP contribution in [-0.4, -0.2) is 52.6 Å². The van der Waals surface area contributed by atoms with Crippen molar-refractivity contribution in [2.24, 2.45) is 5.41 Å². The molecule has 1 aliphatic heterocycles. The van der Waals surface area contributed by atoms with Gasteiger partial charge in [-0.15, -0.1) is 0 Å². The highest BCUT2D eigenvalue weighted by atomic mass is 32.2. The van der Waals surface area contributed by atoms with Gasteiger partial charge in [-0.3, -0.25) is 9.36 Å². The molecule has 8 nitrogen and oxygen atoms in total. The second kappa shape index (κ2) is 7.41. The summed E-state index contributed by atoms with van der Waals surface area (Å²) in [6.07, 6.45) is 11.7. The van der Waals surface area contributed by atoms with Gasteiger partial charge < -0.3 is 5.32 Å². The van der Waals surface area contributed by atoms with Crippen molar-refractivity contribution in [3.63, 3.8) is 0 Å². The van der Waals surface area contributed by atoms with Gasteiger partial charge in [-0.2, -0.15) is 4.98 Å². The van der Waals surface area contributed by atoms with E-state index >= 15 is 0 Å². The zero-order valence-corrected chi connectivity index (χ0v) is 18.7. The summed E-state index contributed by atoms with van der Waals surface area (Å²) < 4.78 is 26.9. The Labute approximate surface area is 182 Å². The highest BCUT2D eigenvalue weighted by molar-refractivity contribution is 7.88. The number of nitrogens with zero attached hydrogens (tertiary/aromatic N) is 4. The maximum Gasteiger partial charge on any atom is 0.259 e. The first-order valence-electron chi connectivity index (χ1n) is 11.1. The number of piperidine rings is 1. The Balaban J connectivity index is 1.47. The number of aromatic nitrogens is 3. The first kappa shape index (κ1) is 20.6. The monoisotopic (exact) mass is 443 g/mol. The molecule has 166 valence electrons. The zero-order valence-electron chi connectivity index (χ0n) is 17.9. The molecule has 3 heterocycles. The van der Waals surface area contributed by atoms with Gasteiger partial charge in [0.25, 0.3) is 5.56 Å². The van der Waals surface area contributed by atoms with E-state index in [1.54, 1.807) is 12.3 Å². The Morgan fingerprint density at radius 1 is 1.23 bits per heavy atom. The summed E-state index contributed by atoms with van der Waals surface area (Å²) in [5.74, 6) is 0.493. The van der Waals surface area contributed by atoms with Crippen LogP contribution in [-0.2, 0) is 10.0 Å². The van der Waals surface area contributed by atoms with Crippen molar-refractivity contribution < 1.29 is 8.42 Å². The van der Waals surface area contributed by atoms with E-state index in [0.29, 0.717) is 43.1 Å². The number of nitrogens with one attached hydrogen (secondary N) is 1. The molecule has 2 aromatic heterocycles. The van der Waals surface area contributed by atoms with Crippen LogP contribution in [0.2, 0.25) is 0 Å². The zero-order chi connectivity index (χ0) is 21.8. The molecule has 1 N–H and O–H groups in total. The molecule has 0 amide bonds. The summed E-state index contributed by atoms with van der Waals surface area (Å²) in [6.45, 7) is 4.80. The van der Waals surface area contributed by atoms with Crippen molar-refractivity contribution in [2.75, 3.05) is 24.7 Å². The van der Waals surface area contributed by atoms with Gasteiger partial charge in [0.15, 0.2) is 0 Å². The summed E-state index contributed by atoms with van der Waals surface area (Å²) in [5.41, 5.74) is 1.51. The summed E-state index contributed by atoms with van der Waals surface area (Å²) in [6, 6.07) is 2.11. The largest absolute Gasteiger partial charge is 0.351 e. The van der Waals surface area contributed by atoms with Crippen molar-refractivity contribution in [3.05, 3.63) is 34.8 Å². The molecule has 1 atom stereocenters. The normalized spacial score (nSPS) is 24.0. The second-order valence-corrected chi connectivity index (χ2v) is 11.3. The van der Waals surface area contributed by atoms with Crippen LogP contribution in [0, 0.1) is 5.41 Å². The molecule has 1 spiro atoms. The molecule has 2 aliphatic carbocycles. The minimum atomic E-state index is -3.15. The van der Waals surface area contributed by atoms with Gasteiger partial charge in [0.05, 0.1) is 6.26 Å². The smallest absolute Gasteiger partial charge is 0.259 e. The predicted molar refractivity (Wildman–Crippen MR) is 122 cm³/mol. The van der Waals surface area contributed by atoms with Crippen LogP contribution in [0.4, 0.5) is 5.95 Å². The first-order chi connectivity index (χ1) is 14.8. The van der Waals surface area contributed by atoms with Gasteiger partial charge >= 0.3 is 0 Å². The topological polar surface area (TPSA) is 97.2 Å². The second-order valence-electron chi connectivity index (χ2n) is 9.30. The van der Waals surface area contributed by atoms with E-state index in [4.69, 9.17) is 4.98 Å². The molecular weight excluding hydrogens is 414 g/mol. The average Bonchev–Trinajstić information content (AvgIpc) is 3.40. The number of anilines is 1. The number of hydrogen-bond acceptors (Lipinski definition) is 6. The first-order valence-corrected chi connectivity index (χ1v) is 12.9. The van der Waals surface area contributed by atoms with Crippen LogP contribution in [0.3, 0.4) is 0 Å². The lowest BCUT2D eigenvalue weighted by Gasteiger charge is -2.30. The molecule has 2 aromatic rings. The fourth-order valence-corrected chi connectivity index (χ4v) is 6.30. The van der Waals surface area contributed by atoms with Crippen molar-refractivity contribution in [2.45, 2.75) is 57.0 Å². The van der Waals surface area contributed by atoms with Crippen LogP contribution in [0.1, 0.15) is 56.6 Å². The SMILES string of the molecule is C=Cc1cc2cnc(NC3CCN(S(C)(=O)=O)CC3)nc2n(C2CCCC23CC3)c1=O. The van der Waals surface area contributed by atoms with Gasteiger partial charge in [-0.05, 0) is 50.0 Å². The summed E-state index contributed by atoms with van der Waals surface area (Å²) in [5, 5.41) is 4.21. The van der Waals surface area contributed by atoms with Crippen LogP contribution >= 0.6 is 0 Å². The molecular formula is C22H29N5O3S. The Morgan fingerprint density at radius 3 is 2.61 bits per heavy atom. The van der Waals surface area contributed by atoms with E-state index in [1.165, 1.54) is 29.8 Å². The minimum Gasteiger partial charge on any atom is -0.351 e. The van der Waals surface area contributed by atoms with Crippen molar-refractivity contribution in [1.29, 1.82) is 0 Å². The molecule has 3 aliphatic rings. The fraction of sp³-hybridized carbons (Fsp3) is 0.591. The molecule has 31 heavy (non-hydrogen) atoms. The lowest BCUT2D eigenvalue weighted by Crippen LogP contribution is -2.42. The number of fused-ring (bicyclic) bond motifs is 1. The van der Waals surface area contributed by atoms with E-state index in [1.807, 2.05) is 10.6 Å². The number of hydrogen-bond donors (Lipinski definition) is 1. The molecule has 0 bridgehead atoms. The summed E-state index contributed by atoms with van der Waals surface area (Å²) in [7, 11) is -3.15. The summed E-state index contributed by atoms with van der Waals surface area (Å²) in [4.78, 5) is 22.6. The fourth-order valence-electron chi connectivity index (χ4n) is 5.43. The molecule has 0 radical (unpaired) electrons. The number of sulfonamides is 1. The van der Waals surface area contributed by atoms with Crippen molar-refractivity contribution in [1.82, 2.24) is 18.8 Å². The third-order valence-corrected chi connectivity index (χ3v) is 8.64. The molecule has 1 saturated heterocycles. The number of rotatable bonds is 5. The Kier molecular flexibility index (Phi) is 4.93. The third kappa shape index (κ3) is 3.67. The standard InChI is InChI=1S/C22H29N5O3S/c1-3-15-13-16-14-23-21(24-17-6-11-26(12-7-17)31(2,29)30)25-19(16)27(20(15)28)18-5-4-8-22(18)9-10-22/h3,13-14,17-18H,1,4-12H2,2H3,(H,23,24,25). The molecule has 2 saturated carbocycles. The van der Waals surface area contributed by atoms with Gasteiger partial charge in [-0.25, -0.2) is 17.7 Å². The molecule has 9 heteroatoms. The minimum absolute atomic E-state index is 0.0215. The maximum atomic E-state index is 13.3. The Bertz CT molecular complexity index is 1190. The predicted octanol–water partition coefficient (Wildman–Crippen LogP) is 2.78. The highest BCUT2D eigenvalue weighted by Crippen LogP contribution is 2.63. The van der Waals surface area contributed by atoms with E-state index in [2.05, 4.69) is 16.9 Å². The van der Waals surface area contributed by atoms with Gasteiger partial charge in [-0.1, -0.05) is 19.1 Å². The highest BCUT2D eigenvalue weighted by Gasteiger charge is 2.53. The Hall–Kier alpha value is -2.26. The van der Waals surface area contributed by atoms with E-state index < -0.39 is 10.0 Å². The van der Waals surface area contributed by atoms with Gasteiger partial charge in [0.1, 0.15) is 5.65 Å². The number of pyridine rings is 1. The molecule has 3 fully saturated rings. The molecule has 5 rings (SSSR count). The van der Waals surface area contributed by atoms with Gasteiger partial charge in [0, 0.05) is 42.3 Å². The molecule has 0 aromatic carbocycles.